The van der Waals surface area contributed by atoms with Gasteiger partial charge in [0, 0.05) is 30.3 Å². The highest BCUT2D eigenvalue weighted by Gasteiger charge is 2.38. The van der Waals surface area contributed by atoms with E-state index in [4.69, 9.17) is 0 Å². The molecule has 0 aliphatic carbocycles. The number of carbonyl (C=O) groups is 1. The second-order valence-corrected chi connectivity index (χ2v) is 10.0. The summed E-state index contributed by atoms with van der Waals surface area (Å²) in [5.74, 6) is 0.0401. The molecule has 2 atom stereocenters. The number of likely N-dealkylation sites (tertiary alicyclic amines) is 1. The highest BCUT2D eigenvalue weighted by molar-refractivity contribution is 5.92. The lowest BCUT2D eigenvalue weighted by Gasteiger charge is -2.35. The first-order chi connectivity index (χ1) is 18.0. The summed E-state index contributed by atoms with van der Waals surface area (Å²) in [6, 6.07) is 31.0. The van der Waals surface area contributed by atoms with Gasteiger partial charge in [0.25, 0.3) is 5.91 Å². The summed E-state index contributed by atoms with van der Waals surface area (Å²) in [4.78, 5) is 28.9. The van der Waals surface area contributed by atoms with E-state index in [2.05, 4.69) is 60.6 Å². The first-order valence-electron chi connectivity index (χ1n) is 13.1. The Morgan fingerprint density at radius 2 is 1.49 bits per heavy atom. The number of carbonyl (C=O) groups excluding carboxylic acids is 1. The van der Waals surface area contributed by atoms with E-state index in [0.29, 0.717) is 18.7 Å². The van der Waals surface area contributed by atoms with Gasteiger partial charge in [0.15, 0.2) is 5.69 Å². The number of rotatable bonds is 7. The Morgan fingerprint density at radius 1 is 0.919 bits per heavy atom. The third-order valence-corrected chi connectivity index (χ3v) is 7.54. The zero-order chi connectivity index (χ0) is 25.8. The maximum atomic E-state index is 13.9. The lowest BCUT2D eigenvalue weighted by Crippen LogP contribution is -2.44. The Bertz CT molecular complexity index is 1360. The summed E-state index contributed by atoms with van der Waals surface area (Å²) in [6.45, 7) is 5.13. The standard InChI is InChI=1S/C32H33N3O2/c1-23-21-34(22-25-13-6-3-7-14-25)33-30(31(23)36)32(37)35-20-12-19-28(35)24(2)29(26-15-8-4-9-16-26)27-17-10-5-11-18-27/h3-11,13-18,21,24,28-29H,12,19-20,22H2,1-2H3/t24-,28-/m0/s1. The topological polar surface area (TPSA) is 55.2 Å². The van der Waals surface area contributed by atoms with Crippen LogP contribution in [0.25, 0.3) is 0 Å². The highest BCUT2D eigenvalue weighted by Crippen LogP contribution is 2.38. The van der Waals surface area contributed by atoms with Gasteiger partial charge in [-0.25, -0.2) is 0 Å². The third kappa shape index (κ3) is 5.26. The quantitative estimate of drug-likeness (QED) is 0.335. The summed E-state index contributed by atoms with van der Waals surface area (Å²) in [5.41, 5.74) is 3.81. The molecular weight excluding hydrogens is 458 g/mol. The van der Waals surface area contributed by atoms with Gasteiger partial charge in [-0.15, -0.1) is 0 Å². The van der Waals surface area contributed by atoms with E-state index in [1.807, 2.05) is 47.4 Å². The van der Waals surface area contributed by atoms with Crippen LogP contribution in [0, 0.1) is 12.8 Å². The van der Waals surface area contributed by atoms with Crippen molar-refractivity contribution in [2.24, 2.45) is 5.92 Å². The molecule has 0 N–H and O–H groups in total. The van der Waals surface area contributed by atoms with Gasteiger partial charge in [-0.2, -0.15) is 5.10 Å². The molecule has 1 aromatic heterocycles. The van der Waals surface area contributed by atoms with Crippen molar-refractivity contribution in [3.05, 3.63) is 135 Å². The predicted octanol–water partition coefficient (Wildman–Crippen LogP) is 5.67. The van der Waals surface area contributed by atoms with Crippen LogP contribution in [0.5, 0.6) is 0 Å². The van der Waals surface area contributed by atoms with Gasteiger partial charge in [0.05, 0.1) is 6.54 Å². The van der Waals surface area contributed by atoms with Crippen LogP contribution < -0.4 is 5.43 Å². The van der Waals surface area contributed by atoms with E-state index in [1.54, 1.807) is 17.8 Å². The predicted molar refractivity (Wildman–Crippen MR) is 147 cm³/mol. The molecule has 37 heavy (non-hydrogen) atoms. The normalized spacial score (nSPS) is 16.2. The van der Waals surface area contributed by atoms with Crippen molar-refractivity contribution >= 4 is 5.91 Å². The first kappa shape index (κ1) is 24.7. The fourth-order valence-electron chi connectivity index (χ4n) is 5.73. The van der Waals surface area contributed by atoms with Crippen molar-refractivity contribution in [2.75, 3.05) is 6.54 Å². The van der Waals surface area contributed by atoms with Crippen molar-refractivity contribution < 1.29 is 4.79 Å². The second kappa shape index (κ2) is 11.0. The number of nitrogens with zero attached hydrogens (tertiary/aromatic N) is 3. The number of benzene rings is 3. The van der Waals surface area contributed by atoms with Crippen LogP contribution in [0.4, 0.5) is 0 Å². The molecule has 5 nitrogen and oxygen atoms in total. The van der Waals surface area contributed by atoms with Crippen LogP contribution in [-0.4, -0.2) is 33.2 Å². The molecule has 1 amide bonds. The average Bonchev–Trinajstić information content (AvgIpc) is 3.42. The number of hydrogen-bond donors (Lipinski definition) is 0. The summed E-state index contributed by atoms with van der Waals surface area (Å²) >= 11 is 0. The molecule has 0 bridgehead atoms. The molecule has 0 radical (unpaired) electrons. The smallest absolute Gasteiger partial charge is 0.278 e. The van der Waals surface area contributed by atoms with Crippen LogP contribution in [0.3, 0.4) is 0 Å². The molecular formula is C32H33N3O2. The van der Waals surface area contributed by atoms with Crippen LogP contribution in [0.15, 0.2) is 102 Å². The van der Waals surface area contributed by atoms with Gasteiger partial charge in [-0.3, -0.25) is 14.3 Å². The minimum atomic E-state index is -0.282. The zero-order valence-electron chi connectivity index (χ0n) is 21.5. The van der Waals surface area contributed by atoms with Crippen molar-refractivity contribution in [1.82, 2.24) is 14.7 Å². The van der Waals surface area contributed by atoms with E-state index in [1.165, 1.54) is 11.1 Å². The number of aryl methyl sites for hydroxylation is 1. The van der Waals surface area contributed by atoms with Gasteiger partial charge in [0.2, 0.25) is 5.43 Å². The van der Waals surface area contributed by atoms with E-state index < -0.39 is 0 Å². The number of amides is 1. The zero-order valence-corrected chi connectivity index (χ0v) is 21.5. The van der Waals surface area contributed by atoms with Gasteiger partial charge < -0.3 is 4.90 Å². The van der Waals surface area contributed by atoms with Gasteiger partial charge in [0.1, 0.15) is 0 Å². The molecule has 0 unspecified atom stereocenters. The first-order valence-corrected chi connectivity index (χ1v) is 13.1. The minimum absolute atomic E-state index is 0.0159. The molecule has 1 aliphatic heterocycles. The number of aromatic nitrogens is 2. The molecule has 3 aromatic carbocycles. The van der Waals surface area contributed by atoms with Crippen molar-refractivity contribution in [1.29, 1.82) is 0 Å². The fourth-order valence-corrected chi connectivity index (χ4v) is 5.73. The Kier molecular flexibility index (Phi) is 7.31. The summed E-state index contributed by atoms with van der Waals surface area (Å²) < 4.78 is 1.71. The van der Waals surface area contributed by atoms with E-state index in [-0.39, 0.29) is 34.9 Å². The molecule has 0 saturated carbocycles. The van der Waals surface area contributed by atoms with Crippen molar-refractivity contribution in [3.8, 4) is 0 Å². The Labute approximate surface area is 218 Å². The van der Waals surface area contributed by atoms with Crippen LogP contribution in [0.1, 0.15) is 58.4 Å². The van der Waals surface area contributed by atoms with Crippen molar-refractivity contribution in [3.63, 3.8) is 0 Å². The van der Waals surface area contributed by atoms with E-state index in [9.17, 15) is 9.59 Å². The summed E-state index contributed by atoms with van der Waals surface area (Å²) in [7, 11) is 0. The van der Waals surface area contributed by atoms with Crippen LogP contribution in [0.2, 0.25) is 0 Å². The molecule has 0 spiro atoms. The lowest BCUT2D eigenvalue weighted by molar-refractivity contribution is 0.0676. The van der Waals surface area contributed by atoms with Crippen molar-refractivity contribution in [2.45, 2.75) is 45.2 Å². The number of hydrogen-bond acceptors (Lipinski definition) is 3. The average molecular weight is 492 g/mol. The highest BCUT2D eigenvalue weighted by atomic mass is 16.2. The molecule has 2 heterocycles. The fraction of sp³-hybridized carbons (Fsp3) is 0.281. The lowest BCUT2D eigenvalue weighted by atomic mass is 9.77. The molecule has 1 fully saturated rings. The van der Waals surface area contributed by atoms with E-state index >= 15 is 0 Å². The monoisotopic (exact) mass is 491 g/mol. The van der Waals surface area contributed by atoms with Crippen LogP contribution >= 0.6 is 0 Å². The molecule has 188 valence electrons. The third-order valence-electron chi connectivity index (χ3n) is 7.54. The molecule has 4 aromatic rings. The molecule has 1 saturated heterocycles. The Morgan fingerprint density at radius 3 is 2.08 bits per heavy atom. The van der Waals surface area contributed by atoms with Gasteiger partial charge in [-0.05, 0) is 42.4 Å². The minimum Gasteiger partial charge on any atom is -0.334 e. The summed E-state index contributed by atoms with van der Waals surface area (Å²) in [6.07, 6.45) is 3.56. The molecule has 5 heteroatoms. The second-order valence-electron chi connectivity index (χ2n) is 10.0. The largest absolute Gasteiger partial charge is 0.334 e. The summed E-state index contributed by atoms with van der Waals surface area (Å²) in [5, 5.41) is 4.54. The van der Waals surface area contributed by atoms with E-state index in [0.717, 1.165) is 18.4 Å². The van der Waals surface area contributed by atoms with Gasteiger partial charge >= 0.3 is 0 Å². The van der Waals surface area contributed by atoms with Gasteiger partial charge in [-0.1, -0.05) is 97.9 Å². The maximum absolute atomic E-state index is 13.9. The molecule has 5 rings (SSSR count). The van der Waals surface area contributed by atoms with Crippen LogP contribution in [-0.2, 0) is 6.54 Å². The molecule has 1 aliphatic rings. The Balaban J connectivity index is 1.46. The SMILES string of the molecule is Cc1cn(Cc2ccccc2)nc(C(=O)N2CCC[C@H]2[C@H](C)C(c2ccccc2)c2ccccc2)c1=O. The Hall–Kier alpha value is -3.99. The maximum Gasteiger partial charge on any atom is 0.278 e.